The Hall–Kier alpha value is -2.67. The lowest BCUT2D eigenvalue weighted by Gasteiger charge is -2.11. The van der Waals surface area contributed by atoms with Crippen LogP contribution in [0.3, 0.4) is 0 Å². The van der Waals surface area contributed by atoms with E-state index >= 15 is 0 Å². The molecule has 0 amide bonds. The van der Waals surface area contributed by atoms with E-state index in [4.69, 9.17) is 5.73 Å². The van der Waals surface area contributed by atoms with Crippen LogP contribution in [0, 0.1) is 0 Å². The molecule has 6 nitrogen and oxygen atoms in total. The number of hydrogen-bond acceptors (Lipinski definition) is 7. The number of hydrogen-bond donors (Lipinski definition) is 3. The van der Waals surface area contributed by atoms with E-state index in [2.05, 4.69) is 44.6 Å². The molecule has 0 spiro atoms. The molecule has 0 aliphatic heterocycles. The van der Waals surface area contributed by atoms with Gasteiger partial charge in [-0.15, -0.1) is 11.3 Å². The molecule has 0 fully saturated rings. The zero-order valence-electron chi connectivity index (χ0n) is 12.1. The third-order valence-corrected chi connectivity index (χ3v) is 3.86. The van der Waals surface area contributed by atoms with Crippen molar-refractivity contribution in [3.8, 4) is 0 Å². The first kappa shape index (κ1) is 14.3. The van der Waals surface area contributed by atoms with Crippen LogP contribution in [0.1, 0.15) is 12.5 Å². The van der Waals surface area contributed by atoms with Gasteiger partial charge in [-0.05, 0) is 24.1 Å². The van der Waals surface area contributed by atoms with Crippen molar-refractivity contribution in [1.29, 1.82) is 0 Å². The molecule has 7 heteroatoms. The second kappa shape index (κ2) is 6.40. The summed E-state index contributed by atoms with van der Waals surface area (Å²) in [5.41, 5.74) is 8.80. The molecule has 0 saturated carbocycles. The van der Waals surface area contributed by atoms with Gasteiger partial charge in [0.15, 0.2) is 16.8 Å². The summed E-state index contributed by atoms with van der Waals surface area (Å²) in [6.45, 7) is 2.13. The highest BCUT2D eigenvalue weighted by molar-refractivity contribution is 7.13. The number of aromatic nitrogens is 3. The first-order valence-electron chi connectivity index (χ1n) is 6.89. The van der Waals surface area contributed by atoms with Crippen molar-refractivity contribution in [2.24, 2.45) is 0 Å². The number of nitrogens with zero attached hydrogens (tertiary/aromatic N) is 3. The Morgan fingerprint density at radius 3 is 2.41 bits per heavy atom. The summed E-state index contributed by atoms with van der Waals surface area (Å²) in [5.74, 6) is 1.11. The van der Waals surface area contributed by atoms with Gasteiger partial charge in [0.25, 0.3) is 0 Å². The van der Waals surface area contributed by atoms with Crippen molar-refractivity contribution in [3.63, 3.8) is 0 Å². The fourth-order valence-electron chi connectivity index (χ4n) is 1.94. The second-order valence-electron chi connectivity index (χ2n) is 4.62. The Kier molecular flexibility index (Phi) is 4.15. The van der Waals surface area contributed by atoms with Crippen molar-refractivity contribution in [2.45, 2.75) is 13.3 Å². The molecule has 4 N–H and O–H groups in total. The van der Waals surface area contributed by atoms with Crippen LogP contribution >= 0.6 is 11.3 Å². The van der Waals surface area contributed by atoms with Gasteiger partial charge in [-0.2, -0.15) is 0 Å². The molecule has 0 unspecified atom stereocenters. The maximum absolute atomic E-state index is 6.13. The Morgan fingerprint density at radius 2 is 1.77 bits per heavy atom. The molecule has 2 aromatic heterocycles. The molecule has 0 bridgehead atoms. The maximum atomic E-state index is 6.13. The average molecular weight is 312 g/mol. The van der Waals surface area contributed by atoms with E-state index in [1.807, 2.05) is 17.5 Å². The van der Waals surface area contributed by atoms with Gasteiger partial charge in [0.2, 0.25) is 0 Å². The van der Waals surface area contributed by atoms with Crippen molar-refractivity contribution in [3.05, 3.63) is 47.7 Å². The van der Waals surface area contributed by atoms with Crippen LogP contribution in [-0.4, -0.2) is 15.0 Å². The molecule has 0 aliphatic carbocycles. The van der Waals surface area contributed by atoms with Gasteiger partial charge in [-0.25, -0.2) is 15.0 Å². The summed E-state index contributed by atoms with van der Waals surface area (Å²) >= 11 is 1.48. The van der Waals surface area contributed by atoms with E-state index in [-0.39, 0.29) is 0 Å². The first-order valence-corrected chi connectivity index (χ1v) is 7.77. The largest absolute Gasteiger partial charge is 0.393 e. The van der Waals surface area contributed by atoms with Gasteiger partial charge < -0.3 is 16.4 Å². The summed E-state index contributed by atoms with van der Waals surface area (Å²) < 4.78 is 0. The van der Waals surface area contributed by atoms with Gasteiger partial charge in [-0.1, -0.05) is 19.1 Å². The molecule has 3 aromatic rings. The SMILES string of the molecule is CCc1ccc(Nc2ncnc(Nc3nccs3)c2N)cc1. The first-order chi connectivity index (χ1) is 10.8. The predicted octanol–water partition coefficient (Wildman–Crippen LogP) is 3.56. The lowest BCUT2D eigenvalue weighted by Crippen LogP contribution is -2.05. The van der Waals surface area contributed by atoms with Crippen LogP contribution in [-0.2, 0) is 6.42 Å². The lowest BCUT2D eigenvalue weighted by molar-refractivity contribution is 1.14. The fourth-order valence-corrected chi connectivity index (χ4v) is 2.47. The van der Waals surface area contributed by atoms with Crippen LogP contribution < -0.4 is 16.4 Å². The predicted molar refractivity (Wildman–Crippen MR) is 90.9 cm³/mol. The molecule has 0 saturated heterocycles. The average Bonchev–Trinajstić information content (AvgIpc) is 3.05. The minimum absolute atomic E-state index is 0.456. The number of nitrogens with one attached hydrogen (secondary N) is 2. The Morgan fingerprint density at radius 1 is 1.05 bits per heavy atom. The summed E-state index contributed by atoms with van der Waals surface area (Å²) in [6, 6.07) is 8.17. The summed E-state index contributed by atoms with van der Waals surface area (Å²) in [7, 11) is 0. The van der Waals surface area contributed by atoms with E-state index in [0.29, 0.717) is 17.3 Å². The minimum Gasteiger partial charge on any atom is -0.393 e. The quantitative estimate of drug-likeness (QED) is 0.667. The zero-order chi connectivity index (χ0) is 15.4. The molecule has 2 heterocycles. The molecule has 0 atom stereocenters. The van der Waals surface area contributed by atoms with Gasteiger partial charge in [0, 0.05) is 17.3 Å². The molecule has 0 radical (unpaired) electrons. The molecular formula is C15H16N6S. The van der Waals surface area contributed by atoms with Crippen LogP contribution in [0.25, 0.3) is 0 Å². The summed E-state index contributed by atoms with van der Waals surface area (Å²) in [5, 5.41) is 8.92. The molecule has 22 heavy (non-hydrogen) atoms. The van der Waals surface area contributed by atoms with E-state index in [9.17, 15) is 0 Å². The Labute approximate surface area is 132 Å². The number of nitrogens with two attached hydrogens (primary N) is 1. The summed E-state index contributed by atoms with van der Waals surface area (Å²) in [4.78, 5) is 12.5. The Bertz CT molecular complexity index is 739. The van der Waals surface area contributed by atoms with E-state index in [1.165, 1.54) is 23.2 Å². The molecule has 3 rings (SSSR count). The lowest BCUT2D eigenvalue weighted by atomic mass is 10.1. The number of rotatable bonds is 5. The number of anilines is 5. The van der Waals surface area contributed by atoms with Gasteiger partial charge in [0.05, 0.1) is 0 Å². The monoisotopic (exact) mass is 312 g/mol. The van der Waals surface area contributed by atoms with Gasteiger partial charge in [0.1, 0.15) is 12.0 Å². The van der Waals surface area contributed by atoms with Crippen LogP contribution in [0.5, 0.6) is 0 Å². The third-order valence-electron chi connectivity index (χ3n) is 3.17. The van der Waals surface area contributed by atoms with E-state index in [0.717, 1.165) is 17.2 Å². The van der Waals surface area contributed by atoms with Crippen molar-refractivity contribution >= 4 is 39.5 Å². The highest BCUT2D eigenvalue weighted by atomic mass is 32.1. The zero-order valence-corrected chi connectivity index (χ0v) is 12.9. The normalized spacial score (nSPS) is 10.4. The maximum Gasteiger partial charge on any atom is 0.188 e. The van der Waals surface area contributed by atoms with Crippen molar-refractivity contribution < 1.29 is 0 Å². The van der Waals surface area contributed by atoms with Crippen LogP contribution in [0.2, 0.25) is 0 Å². The highest BCUT2D eigenvalue weighted by Crippen LogP contribution is 2.28. The molecule has 1 aromatic carbocycles. The number of thiazole rings is 1. The number of benzene rings is 1. The van der Waals surface area contributed by atoms with E-state index < -0.39 is 0 Å². The minimum atomic E-state index is 0.456. The highest BCUT2D eigenvalue weighted by Gasteiger charge is 2.09. The topological polar surface area (TPSA) is 88.8 Å². The molecule has 0 aliphatic rings. The summed E-state index contributed by atoms with van der Waals surface area (Å²) in [6.07, 6.45) is 4.20. The number of nitrogen functional groups attached to an aromatic ring is 1. The van der Waals surface area contributed by atoms with E-state index in [1.54, 1.807) is 6.20 Å². The van der Waals surface area contributed by atoms with Crippen molar-refractivity contribution in [2.75, 3.05) is 16.4 Å². The van der Waals surface area contributed by atoms with Crippen LogP contribution in [0.4, 0.5) is 28.1 Å². The molecule has 112 valence electrons. The molecular weight excluding hydrogens is 296 g/mol. The van der Waals surface area contributed by atoms with Gasteiger partial charge in [-0.3, -0.25) is 0 Å². The van der Waals surface area contributed by atoms with Crippen molar-refractivity contribution in [1.82, 2.24) is 15.0 Å². The third kappa shape index (κ3) is 3.15. The second-order valence-corrected chi connectivity index (χ2v) is 5.52. The smallest absolute Gasteiger partial charge is 0.188 e. The standard InChI is InChI=1S/C15H16N6S/c1-2-10-3-5-11(6-4-10)20-13-12(16)14(19-9-18-13)21-15-17-7-8-22-15/h3-9H,2,16H2,1H3,(H2,17,18,19,20,21). The van der Waals surface area contributed by atoms with Crippen LogP contribution in [0.15, 0.2) is 42.2 Å². The Balaban J connectivity index is 1.81. The van der Waals surface area contributed by atoms with Gasteiger partial charge >= 0.3 is 0 Å². The fraction of sp³-hybridized carbons (Fsp3) is 0.133. The number of aryl methyl sites for hydroxylation is 1.